The summed E-state index contributed by atoms with van der Waals surface area (Å²) in [5.41, 5.74) is 0. The third kappa shape index (κ3) is 6.88. The van der Waals surface area contributed by atoms with Crippen molar-refractivity contribution in [2.24, 2.45) is 11.8 Å². The normalized spacial score (nSPS) is 26.1. The van der Waals surface area contributed by atoms with Crippen molar-refractivity contribution < 1.29 is 28.9 Å². The molecule has 0 aliphatic heterocycles. The molecule has 1 rings (SSSR count). The Morgan fingerprint density at radius 1 is 1.36 bits per heavy atom. The molecule has 0 radical (unpaired) electrons. The zero-order valence-electron chi connectivity index (χ0n) is 15.8. The molecule has 0 aromatic rings. The van der Waals surface area contributed by atoms with Gasteiger partial charge in [0.05, 0.1) is 19.3 Å². The van der Waals surface area contributed by atoms with Gasteiger partial charge in [-0.05, 0) is 20.3 Å². The molecular formula is C19H32O6. The monoisotopic (exact) mass is 356 g/mol. The van der Waals surface area contributed by atoms with Crippen molar-refractivity contribution in [1.29, 1.82) is 0 Å². The Balaban J connectivity index is 2.82. The van der Waals surface area contributed by atoms with Crippen molar-refractivity contribution in [3.05, 3.63) is 12.2 Å². The number of methoxy groups -OCH3 is 1. The summed E-state index contributed by atoms with van der Waals surface area (Å²) in [6, 6.07) is 0. The van der Waals surface area contributed by atoms with Crippen molar-refractivity contribution in [2.45, 2.75) is 71.4 Å². The fraction of sp³-hybridized carbons (Fsp3) is 0.789. The van der Waals surface area contributed by atoms with E-state index in [1.807, 2.05) is 6.92 Å². The third-order valence-corrected chi connectivity index (χ3v) is 4.45. The van der Waals surface area contributed by atoms with E-state index < -0.39 is 36.3 Å². The number of ketones is 1. The van der Waals surface area contributed by atoms with Crippen molar-refractivity contribution in [2.75, 3.05) is 13.7 Å². The summed E-state index contributed by atoms with van der Waals surface area (Å²) in [6.45, 7) is 6.23. The smallest absolute Gasteiger partial charge is 0.316 e. The van der Waals surface area contributed by atoms with Gasteiger partial charge in [0, 0.05) is 18.9 Å². The first-order valence-electron chi connectivity index (χ1n) is 9.18. The highest BCUT2D eigenvalue weighted by Crippen LogP contribution is 2.34. The number of esters is 1. The molecule has 144 valence electrons. The maximum absolute atomic E-state index is 12.3. The molecule has 0 saturated heterocycles. The van der Waals surface area contributed by atoms with Crippen LogP contribution in [0.1, 0.15) is 52.9 Å². The first-order valence-corrected chi connectivity index (χ1v) is 9.18. The van der Waals surface area contributed by atoms with Gasteiger partial charge in [0.15, 0.2) is 6.29 Å². The molecule has 0 spiro atoms. The van der Waals surface area contributed by atoms with Crippen molar-refractivity contribution >= 4 is 11.8 Å². The van der Waals surface area contributed by atoms with Crippen molar-refractivity contribution in [3.63, 3.8) is 0 Å². The minimum absolute atomic E-state index is 0.137. The standard InChI is InChI=1S/C19H32O6/c1-5-7-8-9-14(20)10-11-15-17(25-13(3)24-6-2)12-16(21)18(15)19(22)23-4/h10-11,13-15,17-18,20H,5-9,12H2,1-4H3. The Labute approximate surface area is 150 Å². The highest BCUT2D eigenvalue weighted by Gasteiger charge is 2.47. The van der Waals surface area contributed by atoms with E-state index in [4.69, 9.17) is 14.2 Å². The summed E-state index contributed by atoms with van der Waals surface area (Å²) in [7, 11) is 1.27. The van der Waals surface area contributed by atoms with E-state index in [1.165, 1.54) is 7.11 Å². The molecule has 1 aliphatic carbocycles. The lowest BCUT2D eigenvalue weighted by atomic mass is 9.93. The number of unbranched alkanes of at least 4 members (excludes halogenated alkanes) is 2. The minimum Gasteiger partial charge on any atom is -0.468 e. The van der Waals surface area contributed by atoms with E-state index in [9.17, 15) is 14.7 Å². The molecule has 0 aromatic heterocycles. The van der Waals surface area contributed by atoms with Gasteiger partial charge in [-0.25, -0.2) is 0 Å². The lowest BCUT2D eigenvalue weighted by molar-refractivity contribution is -0.166. The van der Waals surface area contributed by atoms with Crippen LogP contribution in [0.15, 0.2) is 12.2 Å². The van der Waals surface area contributed by atoms with E-state index in [1.54, 1.807) is 19.1 Å². The predicted octanol–water partition coefficient (Wildman–Crippen LogP) is 2.63. The second kappa shape index (κ2) is 11.4. The number of hydrogen-bond acceptors (Lipinski definition) is 6. The number of carbonyl (C=O) groups is 2. The summed E-state index contributed by atoms with van der Waals surface area (Å²) in [5, 5.41) is 10.1. The molecule has 0 heterocycles. The van der Waals surface area contributed by atoms with E-state index in [0.717, 1.165) is 19.3 Å². The van der Waals surface area contributed by atoms with Crippen LogP contribution >= 0.6 is 0 Å². The van der Waals surface area contributed by atoms with Gasteiger partial charge in [-0.15, -0.1) is 0 Å². The first-order chi connectivity index (χ1) is 11.9. The molecule has 6 heteroatoms. The van der Waals surface area contributed by atoms with Gasteiger partial charge < -0.3 is 19.3 Å². The third-order valence-electron chi connectivity index (χ3n) is 4.45. The summed E-state index contributed by atoms with van der Waals surface area (Å²) in [5.74, 6) is -2.10. The molecule has 0 bridgehead atoms. The first kappa shape index (κ1) is 21.8. The molecule has 1 N–H and O–H groups in total. The molecule has 0 aromatic carbocycles. The maximum atomic E-state index is 12.3. The van der Waals surface area contributed by atoms with Gasteiger partial charge in [0.1, 0.15) is 11.7 Å². The zero-order valence-corrected chi connectivity index (χ0v) is 15.8. The highest BCUT2D eigenvalue weighted by atomic mass is 16.7. The minimum atomic E-state index is -0.886. The summed E-state index contributed by atoms with van der Waals surface area (Å²) in [6.07, 6.45) is 5.76. The summed E-state index contributed by atoms with van der Waals surface area (Å²) >= 11 is 0. The summed E-state index contributed by atoms with van der Waals surface area (Å²) in [4.78, 5) is 24.3. The van der Waals surface area contributed by atoms with Crippen LogP contribution in [0.4, 0.5) is 0 Å². The second-order valence-corrected chi connectivity index (χ2v) is 6.39. The Kier molecular flexibility index (Phi) is 9.93. The van der Waals surface area contributed by atoms with Gasteiger partial charge in [-0.2, -0.15) is 0 Å². The van der Waals surface area contributed by atoms with Gasteiger partial charge >= 0.3 is 5.97 Å². The Morgan fingerprint density at radius 2 is 2.08 bits per heavy atom. The molecular weight excluding hydrogens is 324 g/mol. The molecule has 6 nitrogen and oxygen atoms in total. The number of ether oxygens (including phenoxy) is 3. The van der Waals surface area contributed by atoms with Crippen LogP contribution in [-0.2, 0) is 23.8 Å². The highest BCUT2D eigenvalue weighted by molar-refractivity contribution is 6.01. The molecule has 1 saturated carbocycles. The largest absolute Gasteiger partial charge is 0.468 e. The maximum Gasteiger partial charge on any atom is 0.316 e. The van der Waals surface area contributed by atoms with Crippen molar-refractivity contribution in [3.8, 4) is 0 Å². The number of Topliss-reactive ketones (excluding diaryl/α,β-unsaturated/α-hetero) is 1. The van der Waals surface area contributed by atoms with Crippen LogP contribution in [-0.4, -0.2) is 49.1 Å². The number of carbonyl (C=O) groups excluding carboxylic acids is 2. The average molecular weight is 356 g/mol. The van der Waals surface area contributed by atoms with Crippen LogP contribution in [0.2, 0.25) is 0 Å². The van der Waals surface area contributed by atoms with Crippen LogP contribution in [0.25, 0.3) is 0 Å². The molecule has 1 fully saturated rings. The number of hydrogen-bond donors (Lipinski definition) is 1. The van der Waals surface area contributed by atoms with Crippen LogP contribution in [0.5, 0.6) is 0 Å². The van der Waals surface area contributed by atoms with Crippen LogP contribution < -0.4 is 0 Å². The topological polar surface area (TPSA) is 82.1 Å². The number of aliphatic hydroxyl groups excluding tert-OH is 1. The molecule has 5 unspecified atom stereocenters. The lowest BCUT2D eigenvalue weighted by Crippen LogP contribution is -2.31. The Morgan fingerprint density at radius 3 is 2.68 bits per heavy atom. The predicted molar refractivity (Wildman–Crippen MR) is 93.9 cm³/mol. The van der Waals surface area contributed by atoms with Gasteiger partial charge in [0.2, 0.25) is 0 Å². The zero-order chi connectivity index (χ0) is 18.8. The summed E-state index contributed by atoms with van der Waals surface area (Å²) < 4.78 is 16.0. The van der Waals surface area contributed by atoms with Gasteiger partial charge in [0.25, 0.3) is 0 Å². The van der Waals surface area contributed by atoms with E-state index in [2.05, 4.69) is 6.92 Å². The Hall–Kier alpha value is -1.24. The lowest BCUT2D eigenvalue weighted by Gasteiger charge is -2.23. The fourth-order valence-electron chi connectivity index (χ4n) is 3.16. The molecule has 0 amide bonds. The Bertz CT molecular complexity index is 447. The molecule has 1 aliphatic rings. The van der Waals surface area contributed by atoms with Crippen LogP contribution in [0, 0.1) is 11.8 Å². The molecule has 25 heavy (non-hydrogen) atoms. The van der Waals surface area contributed by atoms with Gasteiger partial charge in [-0.1, -0.05) is 38.3 Å². The van der Waals surface area contributed by atoms with E-state index in [-0.39, 0.29) is 12.2 Å². The van der Waals surface area contributed by atoms with Crippen LogP contribution in [0.3, 0.4) is 0 Å². The number of aliphatic hydroxyl groups is 1. The average Bonchev–Trinajstić information content (AvgIpc) is 2.87. The van der Waals surface area contributed by atoms with Gasteiger partial charge in [-0.3, -0.25) is 9.59 Å². The fourth-order valence-corrected chi connectivity index (χ4v) is 3.16. The SMILES string of the molecule is CCCCCC(O)C=CC1C(OC(C)OCC)CC(=O)C1C(=O)OC. The van der Waals surface area contributed by atoms with E-state index >= 15 is 0 Å². The molecule has 5 atom stereocenters. The van der Waals surface area contributed by atoms with E-state index in [0.29, 0.717) is 13.0 Å². The number of rotatable bonds is 11. The quantitative estimate of drug-likeness (QED) is 0.201. The van der Waals surface area contributed by atoms with Crippen molar-refractivity contribution in [1.82, 2.24) is 0 Å². The second-order valence-electron chi connectivity index (χ2n) is 6.39.